The average Bonchev–Trinajstić information content (AvgIpc) is 2.17. The van der Waals surface area contributed by atoms with Gasteiger partial charge in [-0.25, -0.2) is 0 Å². The summed E-state index contributed by atoms with van der Waals surface area (Å²) in [4.78, 5) is 0. The molecule has 0 spiro atoms. The molecule has 0 aliphatic heterocycles. The summed E-state index contributed by atoms with van der Waals surface area (Å²) in [5, 5.41) is 0. The zero-order valence-corrected chi connectivity index (χ0v) is 6.55. The Labute approximate surface area is 57.2 Å². The minimum atomic E-state index is 0. The fourth-order valence-corrected chi connectivity index (χ4v) is 0.827. The Morgan fingerprint density at radius 2 is 1.89 bits per heavy atom. The molecular formula is C7H17NO. The lowest BCUT2D eigenvalue weighted by molar-refractivity contribution is 0.0575. The molecule has 0 bridgehead atoms. The maximum Gasteiger partial charge on any atom is 0.0608 e. The van der Waals surface area contributed by atoms with Crippen LogP contribution in [0.1, 0.15) is 27.2 Å². The maximum atomic E-state index is 5.47. The van der Waals surface area contributed by atoms with Crippen LogP contribution in [-0.2, 0) is 4.74 Å². The molecule has 3 N–H and O–H groups in total. The van der Waals surface area contributed by atoms with Crippen molar-refractivity contribution in [1.29, 1.82) is 0 Å². The summed E-state index contributed by atoms with van der Waals surface area (Å²) in [5.41, 5.74) is 0. The first-order valence-electron chi connectivity index (χ1n) is 3.35. The summed E-state index contributed by atoms with van der Waals surface area (Å²) in [6.07, 6.45) is 2.29. The fraction of sp³-hybridized carbons (Fsp3) is 1.00. The molecule has 2 nitrogen and oxygen atoms in total. The first-order valence-corrected chi connectivity index (χ1v) is 3.35. The lowest BCUT2D eigenvalue weighted by Crippen LogP contribution is -2.04. The smallest absolute Gasteiger partial charge is 0.0608 e. The summed E-state index contributed by atoms with van der Waals surface area (Å²) in [6.45, 7) is 6.41. The predicted octanol–water partition coefficient (Wildman–Crippen LogP) is 1.98. The fourth-order valence-electron chi connectivity index (χ4n) is 0.827. The van der Waals surface area contributed by atoms with E-state index in [1.807, 2.05) is 0 Å². The summed E-state index contributed by atoms with van der Waals surface area (Å²) in [6, 6.07) is 0. The van der Waals surface area contributed by atoms with E-state index in [2.05, 4.69) is 20.8 Å². The van der Waals surface area contributed by atoms with Crippen LogP contribution in [0.25, 0.3) is 0 Å². The first-order chi connectivity index (χ1) is 3.70. The van der Waals surface area contributed by atoms with Crippen LogP contribution >= 0.6 is 0 Å². The van der Waals surface area contributed by atoms with Crippen LogP contribution in [0.4, 0.5) is 0 Å². The Bertz CT molecular complexity index is 83.0. The number of rotatable bonds is 2. The Balaban J connectivity index is 0.000000640. The Morgan fingerprint density at radius 1 is 1.44 bits per heavy atom. The van der Waals surface area contributed by atoms with Crippen molar-refractivity contribution in [3.8, 4) is 0 Å². The number of hydrogen-bond donors (Lipinski definition) is 1. The van der Waals surface area contributed by atoms with E-state index in [0.29, 0.717) is 12.2 Å². The average molecular weight is 131 g/mol. The van der Waals surface area contributed by atoms with Crippen molar-refractivity contribution in [2.45, 2.75) is 39.4 Å². The van der Waals surface area contributed by atoms with Gasteiger partial charge in [-0.15, -0.1) is 0 Å². The van der Waals surface area contributed by atoms with Gasteiger partial charge in [0.1, 0.15) is 0 Å². The highest BCUT2D eigenvalue weighted by Gasteiger charge is 2.33. The second-order valence-corrected chi connectivity index (χ2v) is 2.94. The van der Waals surface area contributed by atoms with Crippen LogP contribution in [-0.4, -0.2) is 12.2 Å². The third-order valence-corrected chi connectivity index (χ3v) is 1.48. The van der Waals surface area contributed by atoms with Gasteiger partial charge in [0.15, 0.2) is 0 Å². The third-order valence-electron chi connectivity index (χ3n) is 1.48. The van der Waals surface area contributed by atoms with Crippen LogP contribution in [0.5, 0.6) is 0 Å². The van der Waals surface area contributed by atoms with Gasteiger partial charge in [0, 0.05) is 0 Å². The molecule has 1 aliphatic carbocycles. The molecule has 0 aromatic heterocycles. The molecule has 2 heteroatoms. The lowest BCUT2D eigenvalue weighted by Gasteiger charge is -2.03. The quantitative estimate of drug-likeness (QED) is 0.622. The molecule has 0 radical (unpaired) electrons. The van der Waals surface area contributed by atoms with Crippen molar-refractivity contribution >= 4 is 0 Å². The topological polar surface area (TPSA) is 44.2 Å². The highest BCUT2D eigenvalue weighted by molar-refractivity contribution is 4.83. The van der Waals surface area contributed by atoms with E-state index >= 15 is 0 Å². The van der Waals surface area contributed by atoms with Crippen LogP contribution < -0.4 is 6.15 Å². The van der Waals surface area contributed by atoms with Crippen LogP contribution in [0, 0.1) is 5.92 Å². The molecule has 0 aromatic carbocycles. The zero-order valence-electron chi connectivity index (χ0n) is 6.55. The molecule has 0 amide bonds. The van der Waals surface area contributed by atoms with Gasteiger partial charge >= 0.3 is 0 Å². The van der Waals surface area contributed by atoms with Gasteiger partial charge in [0.2, 0.25) is 0 Å². The van der Waals surface area contributed by atoms with Crippen molar-refractivity contribution < 1.29 is 4.74 Å². The molecule has 2 unspecified atom stereocenters. The monoisotopic (exact) mass is 131 g/mol. The molecule has 9 heavy (non-hydrogen) atoms. The van der Waals surface area contributed by atoms with E-state index in [4.69, 9.17) is 4.74 Å². The van der Waals surface area contributed by atoms with Gasteiger partial charge in [-0.3, -0.25) is 0 Å². The lowest BCUT2D eigenvalue weighted by atomic mass is 10.4. The van der Waals surface area contributed by atoms with E-state index in [-0.39, 0.29) is 6.15 Å². The van der Waals surface area contributed by atoms with Gasteiger partial charge in [-0.2, -0.15) is 0 Å². The van der Waals surface area contributed by atoms with Crippen molar-refractivity contribution in [3.05, 3.63) is 0 Å². The Hall–Kier alpha value is -0.0800. The molecule has 56 valence electrons. The minimum absolute atomic E-state index is 0. The van der Waals surface area contributed by atoms with Crippen LogP contribution in [0.15, 0.2) is 0 Å². The zero-order chi connectivity index (χ0) is 6.15. The van der Waals surface area contributed by atoms with Crippen molar-refractivity contribution in [1.82, 2.24) is 6.15 Å². The molecule has 0 aromatic rings. The van der Waals surface area contributed by atoms with E-state index in [9.17, 15) is 0 Å². The Kier molecular flexibility index (Phi) is 3.15. The standard InChI is InChI=1S/C7H14O.H3N/c1-5(2)8-7-4-6(7)3;/h5-7H,4H2,1-3H3;1H3. The minimum Gasteiger partial charge on any atom is -0.375 e. The Morgan fingerprint density at radius 3 is 2.00 bits per heavy atom. The summed E-state index contributed by atoms with van der Waals surface area (Å²) in [5.74, 6) is 0.831. The highest BCUT2D eigenvalue weighted by Crippen LogP contribution is 2.33. The van der Waals surface area contributed by atoms with E-state index in [1.54, 1.807) is 0 Å². The molecule has 1 aliphatic rings. The van der Waals surface area contributed by atoms with Crippen molar-refractivity contribution in [3.63, 3.8) is 0 Å². The largest absolute Gasteiger partial charge is 0.375 e. The van der Waals surface area contributed by atoms with Crippen LogP contribution in [0.2, 0.25) is 0 Å². The summed E-state index contributed by atoms with van der Waals surface area (Å²) < 4.78 is 5.47. The summed E-state index contributed by atoms with van der Waals surface area (Å²) >= 11 is 0. The molecular weight excluding hydrogens is 114 g/mol. The predicted molar refractivity (Wildman–Crippen MR) is 38.8 cm³/mol. The van der Waals surface area contributed by atoms with E-state index in [0.717, 1.165) is 5.92 Å². The SMILES string of the molecule is CC(C)OC1CC1C.N. The van der Waals surface area contributed by atoms with Gasteiger partial charge in [0.05, 0.1) is 12.2 Å². The van der Waals surface area contributed by atoms with Gasteiger partial charge in [0.25, 0.3) is 0 Å². The molecule has 0 saturated heterocycles. The molecule has 2 atom stereocenters. The summed E-state index contributed by atoms with van der Waals surface area (Å²) in [7, 11) is 0. The third kappa shape index (κ3) is 2.82. The highest BCUT2D eigenvalue weighted by atomic mass is 16.5. The molecule has 0 heterocycles. The second kappa shape index (κ2) is 3.18. The van der Waals surface area contributed by atoms with Crippen molar-refractivity contribution in [2.75, 3.05) is 0 Å². The first kappa shape index (κ1) is 8.92. The van der Waals surface area contributed by atoms with Gasteiger partial charge < -0.3 is 10.9 Å². The maximum absolute atomic E-state index is 5.47. The van der Waals surface area contributed by atoms with E-state index < -0.39 is 0 Å². The normalized spacial score (nSPS) is 32.0. The number of hydrogen-bond acceptors (Lipinski definition) is 2. The van der Waals surface area contributed by atoms with E-state index in [1.165, 1.54) is 6.42 Å². The molecule has 1 fully saturated rings. The second-order valence-electron chi connectivity index (χ2n) is 2.94. The van der Waals surface area contributed by atoms with Gasteiger partial charge in [-0.1, -0.05) is 6.92 Å². The van der Waals surface area contributed by atoms with Crippen LogP contribution in [0.3, 0.4) is 0 Å². The molecule has 1 rings (SSSR count). The molecule has 1 saturated carbocycles. The number of ether oxygens (including phenoxy) is 1. The van der Waals surface area contributed by atoms with Crippen molar-refractivity contribution in [2.24, 2.45) is 5.92 Å². The van der Waals surface area contributed by atoms with Gasteiger partial charge in [-0.05, 0) is 26.2 Å².